The van der Waals surface area contributed by atoms with E-state index in [-0.39, 0.29) is 11.1 Å². The molecule has 0 fully saturated rings. The zero-order chi connectivity index (χ0) is 21.9. The van der Waals surface area contributed by atoms with E-state index in [1.165, 1.54) is 11.1 Å². The summed E-state index contributed by atoms with van der Waals surface area (Å²) >= 11 is 0. The van der Waals surface area contributed by atoms with Crippen LogP contribution in [0.15, 0.2) is 24.3 Å². The summed E-state index contributed by atoms with van der Waals surface area (Å²) in [5.41, 5.74) is 4.37. The van der Waals surface area contributed by atoms with Crippen molar-refractivity contribution >= 4 is 16.6 Å². The number of hydrogen-bond donors (Lipinski definition) is 0. The number of hydrogen-bond acceptors (Lipinski definition) is 2. The minimum Gasteiger partial charge on any atom is -0.412 e. The second-order valence-electron chi connectivity index (χ2n) is 10.9. The van der Waals surface area contributed by atoms with Crippen LogP contribution in [0, 0.1) is 0 Å². The topological polar surface area (TPSA) is 18.5 Å². The number of rotatable bonds is 9. The Morgan fingerprint density at radius 1 is 0.786 bits per heavy atom. The van der Waals surface area contributed by atoms with Gasteiger partial charge in [0.1, 0.15) is 0 Å². The maximum atomic E-state index is 6.74. The lowest BCUT2D eigenvalue weighted by atomic mass is 10.1. The molecule has 1 rings (SSSR count). The first-order chi connectivity index (χ1) is 12.6. The highest BCUT2D eigenvalue weighted by Gasteiger charge is 2.45. The van der Waals surface area contributed by atoms with E-state index < -0.39 is 16.6 Å². The first-order valence-corrected chi connectivity index (χ1v) is 16.1. The average molecular weight is 423 g/mol. The Morgan fingerprint density at radius 3 is 1.57 bits per heavy atom. The molecule has 0 N–H and O–H groups in total. The van der Waals surface area contributed by atoms with Crippen molar-refractivity contribution in [3.05, 3.63) is 35.4 Å². The Bertz CT molecular complexity index is 576. The molecular formula is C24H46O2Si2. The van der Waals surface area contributed by atoms with Crippen LogP contribution in [0.2, 0.25) is 34.8 Å². The van der Waals surface area contributed by atoms with Gasteiger partial charge in [-0.3, -0.25) is 0 Å². The summed E-state index contributed by atoms with van der Waals surface area (Å²) in [7, 11) is -3.58. The molecule has 0 heterocycles. The molecule has 0 saturated carbocycles. The highest BCUT2D eigenvalue weighted by Crippen LogP contribution is 2.43. The summed E-state index contributed by atoms with van der Waals surface area (Å²) in [4.78, 5) is 0. The Balaban J connectivity index is 2.88. The van der Waals surface area contributed by atoms with Crippen LogP contribution < -0.4 is 0 Å². The largest absolute Gasteiger partial charge is 0.412 e. The summed E-state index contributed by atoms with van der Waals surface area (Å²) in [5, 5.41) is 0.230. The molecule has 1 atom stereocenters. The summed E-state index contributed by atoms with van der Waals surface area (Å²) in [6.45, 7) is 28.5. The molecule has 0 radical (unpaired) electrons. The first kappa shape index (κ1) is 25.6. The van der Waals surface area contributed by atoms with Crippen LogP contribution in [-0.4, -0.2) is 16.6 Å². The van der Waals surface area contributed by atoms with Crippen LogP contribution >= 0.6 is 0 Å². The van der Waals surface area contributed by atoms with Gasteiger partial charge >= 0.3 is 0 Å². The van der Waals surface area contributed by atoms with Crippen molar-refractivity contribution in [2.45, 2.75) is 117 Å². The van der Waals surface area contributed by atoms with Gasteiger partial charge in [-0.1, -0.05) is 86.6 Å². The molecule has 0 spiro atoms. The van der Waals surface area contributed by atoms with Crippen molar-refractivity contribution in [3.8, 4) is 0 Å². The average Bonchev–Trinajstić information content (AvgIpc) is 2.53. The van der Waals surface area contributed by atoms with Gasteiger partial charge in [0.25, 0.3) is 0 Å². The Hall–Kier alpha value is -0.426. The lowest BCUT2D eigenvalue weighted by Crippen LogP contribution is -2.47. The van der Waals surface area contributed by atoms with E-state index in [2.05, 4.69) is 107 Å². The highest BCUT2D eigenvalue weighted by molar-refractivity contribution is 6.77. The van der Waals surface area contributed by atoms with Crippen LogP contribution in [-0.2, 0) is 15.5 Å². The number of benzene rings is 1. The van der Waals surface area contributed by atoms with Gasteiger partial charge in [-0.2, -0.15) is 0 Å². The van der Waals surface area contributed by atoms with Gasteiger partial charge in [0, 0.05) is 0 Å². The van der Waals surface area contributed by atoms with Crippen LogP contribution in [0.3, 0.4) is 0 Å². The van der Waals surface area contributed by atoms with Crippen molar-refractivity contribution < 1.29 is 8.85 Å². The van der Waals surface area contributed by atoms with Gasteiger partial charge in [0.05, 0.1) is 12.7 Å². The van der Waals surface area contributed by atoms with E-state index in [9.17, 15) is 0 Å². The van der Waals surface area contributed by atoms with Crippen LogP contribution in [0.4, 0.5) is 0 Å². The third kappa shape index (κ3) is 5.81. The molecular weight excluding hydrogens is 376 g/mol. The first-order valence-electron chi connectivity index (χ1n) is 11.1. The van der Waals surface area contributed by atoms with E-state index in [1.54, 1.807) is 0 Å². The quantitative estimate of drug-likeness (QED) is 0.371. The van der Waals surface area contributed by atoms with E-state index in [0.717, 1.165) is 6.61 Å². The minimum atomic E-state index is -1.82. The Morgan fingerprint density at radius 2 is 1.21 bits per heavy atom. The van der Waals surface area contributed by atoms with Crippen LogP contribution in [0.25, 0.3) is 0 Å². The molecule has 0 amide bonds. The molecule has 0 bridgehead atoms. The molecule has 0 aromatic heterocycles. The zero-order valence-electron chi connectivity index (χ0n) is 20.6. The van der Waals surface area contributed by atoms with Gasteiger partial charge < -0.3 is 8.85 Å². The fraction of sp³-hybridized carbons (Fsp3) is 0.750. The maximum Gasteiger partial charge on any atom is 0.200 e. The summed E-state index contributed by atoms with van der Waals surface area (Å²) in [6, 6.07) is 8.89. The third-order valence-corrected chi connectivity index (χ3v) is 17.5. The summed E-state index contributed by atoms with van der Waals surface area (Å²) in [5.74, 6) is 0. The van der Waals surface area contributed by atoms with Crippen LogP contribution in [0.5, 0.6) is 0 Å². The summed E-state index contributed by atoms with van der Waals surface area (Å²) < 4.78 is 13.3. The van der Waals surface area contributed by atoms with Crippen molar-refractivity contribution in [2.75, 3.05) is 0 Å². The van der Waals surface area contributed by atoms with Crippen molar-refractivity contribution in [1.29, 1.82) is 0 Å². The third-order valence-electron chi connectivity index (χ3n) is 6.92. The standard InChI is InChI=1S/C24H46O2Si2/c1-18(2)28(19(3)4,20(5)6)25-17-22-13-15-23(16-14-22)21(7)26-27(11,12)24(8,9)10/h13-16,18-21H,17H2,1-12H3. The molecule has 28 heavy (non-hydrogen) atoms. The summed E-state index contributed by atoms with van der Waals surface area (Å²) in [6.07, 6.45) is 0.131. The monoisotopic (exact) mass is 422 g/mol. The lowest BCUT2D eigenvalue weighted by Gasteiger charge is -2.42. The van der Waals surface area contributed by atoms with Crippen molar-refractivity contribution in [1.82, 2.24) is 0 Å². The second kappa shape index (κ2) is 9.59. The van der Waals surface area contributed by atoms with Crippen LogP contribution in [0.1, 0.15) is 86.5 Å². The lowest BCUT2D eigenvalue weighted by molar-refractivity contribution is 0.203. The molecule has 0 aliphatic rings. The van der Waals surface area contributed by atoms with Gasteiger partial charge in [0.2, 0.25) is 8.32 Å². The molecule has 2 nitrogen and oxygen atoms in total. The molecule has 1 aromatic carbocycles. The second-order valence-corrected chi connectivity index (χ2v) is 21.1. The minimum absolute atomic E-state index is 0.131. The van der Waals surface area contributed by atoms with E-state index in [1.807, 2.05) is 0 Å². The Kier molecular flexibility index (Phi) is 8.77. The fourth-order valence-electron chi connectivity index (χ4n) is 4.28. The maximum absolute atomic E-state index is 6.74. The molecule has 1 aromatic rings. The van der Waals surface area contributed by atoms with Crippen molar-refractivity contribution in [3.63, 3.8) is 0 Å². The molecule has 4 heteroatoms. The molecule has 1 unspecified atom stereocenters. The normalized spacial score (nSPS) is 15.0. The molecule has 0 saturated heterocycles. The SMILES string of the molecule is CC(O[Si](C)(C)C(C)(C)C)c1ccc(CO[Si](C(C)C)(C(C)C)C(C)C)cc1. The van der Waals surface area contributed by atoms with E-state index in [4.69, 9.17) is 8.85 Å². The smallest absolute Gasteiger partial charge is 0.200 e. The van der Waals surface area contributed by atoms with Gasteiger partial charge in [-0.05, 0) is 52.8 Å². The predicted octanol–water partition coefficient (Wildman–Crippen LogP) is 8.46. The van der Waals surface area contributed by atoms with E-state index >= 15 is 0 Å². The fourth-order valence-corrected chi connectivity index (χ4v) is 11.1. The predicted molar refractivity (Wildman–Crippen MR) is 129 cm³/mol. The molecule has 0 aliphatic carbocycles. The van der Waals surface area contributed by atoms with Gasteiger partial charge in [0.15, 0.2) is 8.32 Å². The van der Waals surface area contributed by atoms with Gasteiger partial charge in [-0.25, -0.2) is 0 Å². The highest BCUT2D eigenvalue weighted by atomic mass is 28.4. The zero-order valence-corrected chi connectivity index (χ0v) is 22.6. The Labute approximate surface area is 177 Å². The molecule has 162 valence electrons. The molecule has 0 aliphatic heterocycles. The van der Waals surface area contributed by atoms with Gasteiger partial charge in [-0.15, -0.1) is 0 Å². The van der Waals surface area contributed by atoms with E-state index in [0.29, 0.717) is 16.6 Å². The van der Waals surface area contributed by atoms with Crippen molar-refractivity contribution in [2.24, 2.45) is 0 Å².